The molecule has 4 heterocycles. The van der Waals surface area contributed by atoms with Gasteiger partial charge in [0.2, 0.25) is 0 Å². The predicted octanol–water partition coefficient (Wildman–Crippen LogP) is 3.90. The fourth-order valence-corrected chi connectivity index (χ4v) is 4.05. The van der Waals surface area contributed by atoms with Gasteiger partial charge in [-0.25, -0.2) is 19.7 Å². The molecule has 1 unspecified atom stereocenters. The third kappa shape index (κ3) is 4.96. The van der Waals surface area contributed by atoms with Crippen LogP contribution in [0.4, 0.5) is 16.4 Å². The van der Waals surface area contributed by atoms with E-state index in [4.69, 9.17) is 9.97 Å². The van der Waals surface area contributed by atoms with Gasteiger partial charge in [-0.2, -0.15) is 0 Å². The summed E-state index contributed by atoms with van der Waals surface area (Å²) in [7, 11) is 0. The summed E-state index contributed by atoms with van der Waals surface area (Å²) in [5.41, 5.74) is 2.18. The molecule has 4 rings (SSSR count). The van der Waals surface area contributed by atoms with Crippen LogP contribution in [0.3, 0.4) is 0 Å². The zero-order chi connectivity index (χ0) is 21.6. The fraction of sp³-hybridized carbons (Fsp3) is 0.182. The first kappa shape index (κ1) is 20.7. The molecule has 9 heteroatoms. The molecule has 1 aliphatic heterocycles. The highest BCUT2D eigenvalue weighted by atomic mass is 32.1. The molecule has 0 bridgehead atoms. The van der Waals surface area contributed by atoms with E-state index in [0.29, 0.717) is 23.4 Å². The molecule has 1 atom stereocenters. The van der Waals surface area contributed by atoms with Gasteiger partial charge < -0.3 is 16.0 Å². The average Bonchev–Trinajstić information content (AvgIpc) is 3.45. The molecule has 0 spiro atoms. The number of rotatable bonds is 7. The first-order valence-electron chi connectivity index (χ1n) is 9.88. The molecule has 3 aromatic rings. The topological polar surface area (TPSA) is 104 Å². The normalized spacial score (nSPS) is 16.1. The summed E-state index contributed by atoms with van der Waals surface area (Å²) < 4.78 is 1.04. The largest absolute Gasteiger partial charge is 0.365 e. The van der Waals surface area contributed by atoms with Gasteiger partial charge >= 0.3 is 6.03 Å². The van der Waals surface area contributed by atoms with E-state index < -0.39 is 6.03 Å². The lowest BCUT2D eigenvalue weighted by Crippen LogP contribution is -2.27. The lowest BCUT2D eigenvalue weighted by Gasteiger charge is -2.14. The minimum Gasteiger partial charge on any atom is -0.365 e. The molecular formula is C22H23N7OS. The van der Waals surface area contributed by atoms with E-state index in [0.717, 1.165) is 41.1 Å². The third-order valence-corrected chi connectivity index (χ3v) is 5.65. The number of hydrogen-bond donors (Lipinski definition) is 4. The fourth-order valence-electron chi connectivity index (χ4n) is 3.27. The molecule has 4 N–H and O–H groups in total. The second kappa shape index (κ2) is 9.50. The van der Waals surface area contributed by atoms with Crippen LogP contribution in [0.2, 0.25) is 0 Å². The Morgan fingerprint density at radius 2 is 2.19 bits per heavy atom. The van der Waals surface area contributed by atoms with Crippen molar-refractivity contribution in [3.05, 3.63) is 66.9 Å². The smallest absolute Gasteiger partial charge is 0.324 e. The maximum Gasteiger partial charge on any atom is 0.324 e. The number of carbonyl (C=O) groups excluding carboxylic acids is 1. The number of urea groups is 1. The second-order valence-corrected chi connectivity index (χ2v) is 7.85. The third-order valence-electron chi connectivity index (χ3n) is 4.74. The molecule has 0 aromatic carbocycles. The average molecular weight is 434 g/mol. The molecule has 158 valence electrons. The minimum absolute atomic E-state index is 0.342. The first-order chi connectivity index (χ1) is 15.2. The maximum absolute atomic E-state index is 12.3. The van der Waals surface area contributed by atoms with Crippen molar-refractivity contribution in [2.45, 2.75) is 12.5 Å². The van der Waals surface area contributed by atoms with Crippen LogP contribution < -0.4 is 21.3 Å². The number of pyridine rings is 1. The summed E-state index contributed by atoms with van der Waals surface area (Å²) in [5, 5.41) is 14.3. The van der Waals surface area contributed by atoms with Gasteiger partial charge in [-0.3, -0.25) is 5.32 Å². The summed E-state index contributed by atoms with van der Waals surface area (Å²) in [4.78, 5) is 26.0. The first-order valence-corrected chi connectivity index (χ1v) is 10.8. The van der Waals surface area contributed by atoms with Gasteiger partial charge in [0.25, 0.3) is 0 Å². The molecule has 8 nitrogen and oxygen atoms in total. The van der Waals surface area contributed by atoms with Gasteiger partial charge in [0.15, 0.2) is 5.82 Å². The highest BCUT2D eigenvalue weighted by Gasteiger charge is 2.18. The lowest BCUT2D eigenvalue weighted by atomic mass is 10.2. The van der Waals surface area contributed by atoms with Crippen molar-refractivity contribution in [3.8, 4) is 11.4 Å². The molecule has 3 aromatic heterocycles. The summed E-state index contributed by atoms with van der Waals surface area (Å²) in [6, 6.07) is 5.47. The highest BCUT2D eigenvalue weighted by molar-refractivity contribution is 7.17. The van der Waals surface area contributed by atoms with Gasteiger partial charge in [-0.1, -0.05) is 19.2 Å². The number of hydrogen-bond acceptors (Lipinski definition) is 7. The number of fused-ring (bicyclic) bond motifs is 1. The highest BCUT2D eigenvalue weighted by Crippen LogP contribution is 2.30. The van der Waals surface area contributed by atoms with Crippen LogP contribution in [0.15, 0.2) is 66.9 Å². The summed E-state index contributed by atoms with van der Waals surface area (Å²) in [6.07, 6.45) is 7.42. The van der Waals surface area contributed by atoms with Crippen molar-refractivity contribution in [1.82, 2.24) is 25.6 Å². The zero-order valence-electron chi connectivity index (χ0n) is 16.9. The molecule has 31 heavy (non-hydrogen) atoms. The maximum atomic E-state index is 12.3. The van der Waals surface area contributed by atoms with Gasteiger partial charge in [0.1, 0.15) is 11.6 Å². The Labute approximate surface area is 184 Å². The van der Waals surface area contributed by atoms with Crippen LogP contribution in [0.5, 0.6) is 0 Å². The van der Waals surface area contributed by atoms with Gasteiger partial charge in [0.05, 0.1) is 10.2 Å². The molecule has 1 fully saturated rings. The second-order valence-electron chi connectivity index (χ2n) is 6.94. The van der Waals surface area contributed by atoms with E-state index in [2.05, 4.69) is 39.4 Å². The number of carbonyl (C=O) groups is 1. The van der Waals surface area contributed by atoms with E-state index >= 15 is 0 Å². The van der Waals surface area contributed by atoms with Crippen molar-refractivity contribution in [3.63, 3.8) is 0 Å². The monoisotopic (exact) mass is 433 g/mol. The Hall–Kier alpha value is -3.56. The van der Waals surface area contributed by atoms with E-state index in [1.165, 1.54) is 6.08 Å². The van der Waals surface area contributed by atoms with Gasteiger partial charge in [-0.15, -0.1) is 11.3 Å². The van der Waals surface area contributed by atoms with Crippen molar-refractivity contribution < 1.29 is 4.79 Å². The van der Waals surface area contributed by atoms with Crippen molar-refractivity contribution in [1.29, 1.82) is 0 Å². The Bertz CT molecular complexity index is 1150. The van der Waals surface area contributed by atoms with Gasteiger partial charge in [0, 0.05) is 30.0 Å². The van der Waals surface area contributed by atoms with Crippen LogP contribution >= 0.6 is 11.3 Å². The van der Waals surface area contributed by atoms with Crippen molar-refractivity contribution >= 4 is 39.2 Å². The Kier molecular flexibility index (Phi) is 6.34. The zero-order valence-corrected chi connectivity index (χ0v) is 17.7. The molecule has 1 saturated heterocycles. The van der Waals surface area contributed by atoms with E-state index in [1.807, 2.05) is 17.5 Å². The number of allylic oxidation sites excluding steroid dienone is 3. The number of thiophene rings is 1. The lowest BCUT2D eigenvalue weighted by molar-refractivity contribution is 0.254. The molecular weight excluding hydrogens is 410 g/mol. The van der Waals surface area contributed by atoms with E-state index in [1.54, 1.807) is 35.8 Å². The number of aromatic nitrogens is 3. The van der Waals surface area contributed by atoms with Crippen LogP contribution in [0.1, 0.15) is 6.42 Å². The SMILES string of the molecule is C=C/C=C(\C=C)NC(=O)Nc1cc(-c2nc(NC3CCNC3)c3sccc3n2)ccn1. The number of nitrogens with zero attached hydrogens (tertiary/aromatic N) is 3. The minimum atomic E-state index is -0.428. The van der Waals surface area contributed by atoms with E-state index in [9.17, 15) is 4.79 Å². The molecule has 0 aliphatic carbocycles. The quantitative estimate of drug-likeness (QED) is 0.421. The summed E-state index contributed by atoms with van der Waals surface area (Å²) in [5.74, 6) is 1.79. The summed E-state index contributed by atoms with van der Waals surface area (Å²) in [6.45, 7) is 9.19. The van der Waals surface area contributed by atoms with Crippen LogP contribution in [-0.4, -0.2) is 40.1 Å². The molecule has 0 radical (unpaired) electrons. The van der Waals surface area contributed by atoms with Crippen molar-refractivity contribution in [2.75, 3.05) is 23.7 Å². The van der Waals surface area contributed by atoms with Crippen LogP contribution in [0, 0.1) is 0 Å². The predicted molar refractivity (Wildman–Crippen MR) is 126 cm³/mol. The number of nitrogens with one attached hydrogen (secondary N) is 4. The van der Waals surface area contributed by atoms with Crippen LogP contribution in [-0.2, 0) is 0 Å². The molecule has 1 aliphatic rings. The Balaban J connectivity index is 1.58. The standard InChI is InChI=1S/C22H23N7OS/c1-3-5-15(4-2)26-22(30)28-18-12-14(6-10-24-18)20-27-17-8-11-31-19(17)21(29-20)25-16-7-9-23-13-16/h3-6,8,10-12,16,23H,1-2,7,9,13H2,(H,25,27,29)(H2,24,26,28,30)/b15-5+. The summed E-state index contributed by atoms with van der Waals surface area (Å²) >= 11 is 1.62. The number of anilines is 2. The molecule has 0 saturated carbocycles. The van der Waals surface area contributed by atoms with Crippen LogP contribution in [0.25, 0.3) is 21.6 Å². The van der Waals surface area contributed by atoms with E-state index in [-0.39, 0.29) is 0 Å². The Morgan fingerprint density at radius 3 is 2.97 bits per heavy atom. The number of amides is 2. The molecule has 2 amide bonds. The van der Waals surface area contributed by atoms with Gasteiger partial charge in [-0.05, 0) is 48.7 Å². The Morgan fingerprint density at radius 1 is 1.29 bits per heavy atom. The van der Waals surface area contributed by atoms with Crippen molar-refractivity contribution in [2.24, 2.45) is 0 Å².